The number of rotatable bonds is 4. The van der Waals surface area contributed by atoms with E-state index >= 15 is 0 Å². The number of halogens is 2. The third-order valence-corrected chi connectivity index (χ3v) is 3.00. The quantitative estimate of drug-likeness (QED) is 0.884. The molecule has 0 bridgehead atoms. The van der Waals surface area contributed by atoms with Crippen LogP contribution in [0.1, 0.15) is 26.3 Å². The van der Waals surface area contributed by atoms with Crippen molar-refractivity contribution in [3.8, 4) is 0 Å². The van der Waals surface area contributed by atoms with Gasteiger partial charge in [-0.05, 0) is 29.8 Å². The second kappa shape index (κ2) is 6.80. The molecule has 0 heterocycles. The molecular formula is C16H13F2NO3. The van der Waals surface area contributed by atoms with Gasteiger partial charge in [-0.25, -0.2) is 13.6 Å². The standard InChI is InChI=1S/C16H13F2NO3/c1-22-16(21)11-4-2-10(3-5-11)9-19-15(20)13-7-6-12(17)8-14(13)18/h2-8H,9H2,1H3,(H,19,20). The van der Waals surface area contributed by atoms with Crippen LogP contribution in [0.4, 0.5) is 8.78 Å². The first-order chi connectivity index (χ1) is 10.5. The van der Waals surface area contributed by atoms with Crippen LogP contribution in [0.5, 0.6) is 0 Å². The molecule has 0 saturated carbocycles. The van der Waals surface area contributed by atoms with Gasteiger partial charge in [0.25, 0.3) is 5.91 Å². The summed E-state index contributed by atoms with van der Waals surface area (Å²) in [6, 6.07) is 9.17. The first-order valence-corrected chi connectivity index (χ1v) is 6.42. The maximum absolute atomic E-state index is 13.5. The van der Waals surface area contributed by atoms with Crippen molar-refractivity contribution in [1.82, 2.24) is 5.32 Å². The lowest BCUT2D eigenvalue weighted by Crippen LogP contribution is -2.23. The Morgan fingerprint density at radius 2 is 1.77 bits per heavy atom. The van der Waals surface area contributed by atoms with Crippen LogP contribution in [0.15, 0.2) is 42.5 Å². The van der Waals surface area contributed by atoms with Crippen molar-refractivity contribution in [3.63, 3.8) is 0 Å². The number of ether oxygens (including phenoxy) is 1. The number of carbonyl (C=O) groups excluding carboxylic acids is 2. The van der Waals surface area contributed by atoms with Crippen molar-refractivity contribution in [2.45, 2.75) is 6.54 Å². The van der Waals surface area contributed by atoms with Gasteiger partial charge in [0.05, 0.1) is 18.2 Å². The zero-order valence-corrected chi connectivity index (χ0v) is 11.7. The Hall–Kier alpha value is -2.76. The number of carbonyl (C=O) groups is 2. The molecular weight excluding hydrogens is 292 g/mol. The van der Waals surface area contributed by atoms with Crippen molar-refractivity contribution >= 4 is 11.9 Å². The zero-order valence-electron chi connectivity index (χ0n) is 11.7. The fourth-order valence-corrected chi connectivity index (χ4v) is 1.83. The molecule has 0 aliphatic carbocycles. The Balaban J connectivity index is 2.00. The lowest BCUT2D eigenvalue weighted by Gasteiger charge is -2.07. The Bertz CT molecular complexity index is 699. The number of esters is 1. The Morgan fingerprint density at radius 1 is 1.09 bits per heavy atom. The summed E-state index contributed by atoms with van der Waals surface area (Å²) in [7, 11) is 1.29. The smallest absolute Gasteiger partial charge is 0.337 e. The first kappa shape index (κ1) is 15.6. The third kappa shape index (κ3) is 3.66. The average Bonchev–Trinajstić information content (AvgIpc) is 2.52. The largest absolute Gasteiger partial charge is 0.465 e. The van der Waals surface area contributed by atoms with E-state index in [1.807, 2.05) is 0 Å². The van der Waals surface area contributed by atoms with E-state index in [0.29, 0.717) is 11.6 Å². The van der Waals surface area contributed by atoms with Gasteiger partial charge in [0.15, 0.2) is 0 Å². The molecule has 1 N–H and O–H groups in total. The number of amides is 1. The summed E-state index contributed by atoms with van der Waals surface area (Å²) in [5, 5.41) is 2.52. The molecule has 22 heavy (non-hydrogen) atoms. The molecule has 6 heteroatoms. The molecule has 4 nitrogen and oxygen atoms in total. The van der Waals surface area contributed by atoms with Crippen molar-refractivity contribution in [2.24, 2.45) is 0 Å². The summed E-state index contributed by atoms with van der Waals surface area (Å²) in [4.78, 5) is 23.1. The fourth-order valence-electron chi connectivity index (χ4n) is 1.83. The van der Waals surface area contributed by atoms with E-state index in [1.54, 1.807) is 24.3 Å². The summed E-state index contributed by atoms with van der Waals surface area (Å²) < 4.78 is 30.8. The normalized spacial score (nSPS) is 10.1. The highest BCUT2D eigenvalue weighted by Gasteiger charge is 2.12. The number of nitrogens with one attached hydrogen (secondary N) is 1. The predicted molar refractivity (Wildman–Crippen MR) is 75.3 cm³/mol. The zero-order chi connectivity index (χ0) is 16.1. The number of hydrogen-bond acceptors (Lipinski definition) is 3. The third-order valence-electron chi connectivity index (χ3n) is 3.00. The molecule has 2 rings (SSSR count). The lowest BCUT2D eigenvalue weighted by atomic mass is 10.1. The molecule has 2 aromatic carbocycles. The summed E-state index contributed by atoms with van der Waals surface area (Å²) in [6.07, 6.45) is 0. The number of methoxy groups -OCH3 is 1. The molecule has 2 aromatic rings. The minimum Gasteiger partial charge on any atom is -0.465 e. The summed E-state index contributed by atoms with van der Waals surface area (Å²) in [5.74, 6) is -2.76. The van der Waals surface area contributed by atoms with E-state index in [9.17, 15) is 18.4 Å². The van der Waals surface area contributed by atoms with E-state index in [1.165, 1.54) is 7.11 Å². The molecule has 0 fully saturated rings. The van der Waals surface area contributed by atoms with Crippen LogP contribution in [0, 0.1) is 11.6 Å². The number of hydrogen-bond donors (Lipinski definition) is 1. The summed E-state index contributed by atoms with van der Waals surface area (Å²) in [5.41, 5.74) is 0.887. The van der Waals surface area contributed by atoms with Gasteiger partial charge in [0, 0.05) is 12.6 Å². The van der Waals surface area contributed by atoms with Gasteiger partial charge in [0.1, 0.15) is 11.6 Å². The molecule has 0 aliphatic rings. The van der Waals surface area contributed by atoms with E-state index in [0.717, 1.165) is 17.7 Å². The topological polar surface area (TPSA) is 55.4 Å². The van der Waals surface area contributed by atoms with E-state index < -0.39 is 23.5 Å². The summed E-state index contributed by atoms with van der Waals surface area (Å²) in [6.45, 7) is 0.150. The Morgan fingerprint density at radius 3 is 2.36 bits per heavy atom. The second-order valence-corrected chi connectivity index (χ2v) is 4.50. The molecule has 0 atom stereocenters. The second-order valence-electron chi connectivity index (χ2n) is 4.50. The van der Waals surface area contributed by atoms with Crippen molar-refractivity contribution < 1.29 is 23.1 Å². The van der Waals surface area contributed by atoms with E-state index in [2.05, 4.69) is 10.1 Å². The van der Waals surface area contributed by atoms with E-state index in [-0.39, 0.29) is 12.1 Å². The monoisotopic (exact) mass is 305 g/mol. The minimum atomic E-state index is -0.918. The predicted octanol–water partition coefficient (Wildman–Crippen LogP) is 2.68. The lowest BCUT2D eigenvalue weighted by molar-refractivity contribution is 0.0600. The van der Waals surface area contributed by atoms with Crippen LogP contribution >= 0.6 is 0 Å². The van der Waals surface area contributed by atoms with Gasteiger partial charge in [-0.15, -0.1) is 0 Å². The molecule has 0 spiro atoms. The molecule has 0 unspecified atom stereocenters. The molecule has 0 saturated heterocycles. The highest BCUT2D eigenvalue weighted by Crippen LogP contribution is 2.10. The van der Waals surface area contributed by atoms with Gasteiger partial charge in [-0.1, -0.05) is 12.1 Å². The van der Waals surface area contributed by atoms with Crippen LogP contribution in [0.3, 0.4) is 0 Å². The van der Waals surface area contributed by atoms with Crippen LogP contribution < -0.4 is 5.32 Å². The van der Waals surface area contributed by atoms with Gasteiger partial charge in [-0.3, -0.25) is 4.79 Å². The van der Waals surface area contributed by atoms with Gasteiger partial charge < -0.3 is 10.1 Å². The fraction of sp³-hybridized carbons (Fsp3) is 0.125. The van der Waals surface area contributed by atoms with Crippen molar-refractivity contribution in [2.75, 3.05) is 7.11 Å². The SMILES string of the molecule is COC(=O)c1ccc(CNC(=O)c2ccc(F)cc2F)cc1. The number of benzene rings is 2. The minimum absolute atomic E-state index is 0.150. The Labute approximate surface area is 125 Å². The van der Waals surface area contributed by atoms with E-state index in [4.69, 9.17) is 0 Å². The van der Waals surface area contributed by atoms with Crippen molar-refractivity contribution in [1.29, 1.82) is 0 Å². The Kier molecular flexibility index (Phi) is 4.83. The van der Waals surface area contributed by atoms with Crippen LogP contribution in [0.2, 0.25) is 0 Å². The maximum atomic E-state index is 13.5. The highest BCUT2D eigenvalue weighted by molar-refractivity contribution is 5.94. The highest BCUT2D eigenvalue weighted by atomic mass is 19.1. The summed E-state index contributed by atoms with van der Waals surface area (Å²) >= 11 is 0. The van der Waals surface area contributed by atoms with Gasteiger partial charge in [0.2, 0.25) is 0 Å². The molecule has 0 aliphatic heterocycles. The van der Waals surface area contributed by atoms with Crippen LogP contribution in [0.25, 0.3) is 0 Å². The molecule has 1 amide bonds. The molecule has 114 valence electrons. The van der Waals surface area contributed by atoms with Crippen molar-refractivity contribution in [3.05, 3.63) is 70.8 Å². The molecule has 0 aromatic heterocycles. The average molecular weight is 305 g/mol. The molecule has 0 radical (unpaired) electrons. The maximum Gasteiger partial charge on any atom is 0.337 e. The first-order valence-electron chi connectivity index (χ1n) is 6.42. The van der Waals surface area contributed by atoms with Gasteiger partial charge >= 0.3 is 5.97 Å². The van der Waals surface area contributed by atoms with Gasteiger partial charge in [-0.2, -0.15) is 0 Å². The van der Waals surface area contributed by atoms with Crippen LogP contribution in [-0.2, 0) is 11.3 Å². The van der Waals surface area contributed by atoms with Crippen LogP contribution in [-0.4, -0.2) is 19.0 Å².